The molecule has 3 heterocycles. The number of aromatic nitrogens is 5. The van der Waals surface area contributed by atoms with E-state index < -0.39 is 0 Å². The minimum Gasteiger partial charge on any atom is -0.357 e. The van der Waals surface area contributed by atoms with Crippen LogP contribution in [0.25, 0.3) is 22.3 Å². The summed E-state index contributed by atoms with van der Waals surface area (Å²) >= 11 is 0. The van der Waals surface area contributed by atoms with Crippen molar-refractivity contribution in [2.24, 2.45) is 0 Å². The Morgan fingerprint density at radius 1 is 1.00 bits per heavy atom. The number of nitrogens with one attached hydrogen (secondary N) is 2. The smallest absolute Gasteiger partial charge is 0.204 e. The molecule has 0 radical (unpaired) electrons. The number of nitrogens with zero attached hydrogens (tertiary/aromatic N) is 4. The topological polar surface area (TPSA) is 73.5 Å². The number of hydrogen-bond acceptors (Lipinski definition) is 4. The van der Waals surface area contributed by atoms with Gasteiger partial charge in [-0.15, -0.1) is 10.2 Å². The third-order valence-corrected chi connectivity index (χ3v) is 7.03. The highest BCUT2D eigenvalue weighted by Crippen LogP contribution is 2.40. The fraction of sp³-hybridized carbons (Fsp3) is 0.222. The molecule has 33 heavy (non-hydrogen) atoms. The Morgan fingerprint density at radius 3 is 2.76 bits per heavy atom. The van der Waals surface area contributed by atoms with Gasteiger partial charge in [0.05, 0.1) is 6.04 Å². The minimum absolute atomic E-state index is 0.118. The summed E-state index contributed by atoms with van der Waals surface area (Å²) in [5.74, 6) is 0.616. The summed E-state index contributed by atoms with van der Waals surface area (Å²) in [5.41, 5.74) is 10.2. The van der Waals surface area contributed by atoms with Gasteiger partial charge in [-0.3, -0.25) is 4.90 Å². The van der Waals surface area contributed by atoms with E-state index in [9.17, 15) is 0 Å². The first-order valence-electron chi connectivity index (χ1n) is 11.4. The molecule has 5 aromatic rings. The van der Waals surface area contributed by atoms with E-state index in [1.807, 2.05) is 6.07 Å². The second kappa shape index (κ2) is 7.98. The van der Waals surface area contributed by atoms with Crippen LogP contribution in [0.4, 0.5) is 0 Å². The van der Waals surface area contributed by atoms with E-state index in [1.54, 1.807) is 0 Å². The average Bonchev–Trinajstić information content (AvgIpc) is 3.50. The highest BCUT2D eigenvalue weighted by Gasteiger charge is 2.32. The third-order valence-electron chi connectivity index (χ3n) is 7.03. The monoisotopic (exact) mass is 434 g/mol. The Morgan fingerprint density at radius 2 is 1.88 bits per heavy atom. The van der Waals surface area contributed by atoms with Gasteiger partial charge in [-0.25, -0.2) is 0 Å². The summed E-state index contributed by atoms with van der Waals surface area (Å²) in [7, 11) is 0. The molecule has 1 aliphatic rings. The van der Waals surface area contributed by atoms with E-state index >= 15 is 0 Å². The summed E-state index contributed by atoms with van der Waals surface area (Å²) in [6.45, 7) is 6.32. The molecule has 0 aliphatic carbocycles. The largest absolute Gasteiger partial charge is 0.357 e. The first-order chi connectivity index (χ1) is 16.2. The molecule has 2 aromatic heterocycles. The summed E-state index contributed by atoms with van der Waals surface area (Å²) < 4.78 is 0. The van der Waals surface area contributed by atoms with Gasteiger partial charge >= 0.3 is 0 Å². The Kier molecular flexibility index (Phi) is 4.80. The van der Waals surface area contributed by atoms with Crippen molar-refractivity contribution in [2.75, 3.05) is 6.54 Å². The van der Waals surface area contributed by atoms with Crippen molar-refractivity contribution in [2.45, 2.75) is 32.9 Å². The number of rotatable bonds is 4. The van der Waals surface area contributed by atoms with Gasteiger partial charge in [0.15, 0.2) is 0 Å². The van der Waals surface area contributed by atoms with Crippen molar-refractivity contribution in [1.29, 1.82) is 0 Å². The van der Waals surface area contributed by atoms with Crippen molar-refractivity contribution < 1.29 is 0 Å². The van der Waals surface area contributed by atoms with Crippen molar-refractivity contribution in [3.8, 4) is 11.4 Å². The predicted molar refractivity (Wildman–Crippen MR) is 130 cm³/mol. The van der Waals surface area contributed by atoms with Crippen molar-refractivity contribution >= 4 is 10.9 Å². The number of benzene rings is 3. The SMILES string of the molecule is Cc1cccc(CN2CCc3c([nH]c4ccccc34)C2c2cccc(-c3nn[nH]n3)c2)c1C. The molecule has 0 saturated heterocycles. The Bertz CT molecular complexity index is 1430. The van der Waals surface area contributed by atoms with Crippen LogP contribution >= 0.6 is 0 Å². The zero-order valence-corrected chi connectivity index (χ0v) is 18.8. The van der Waals surface area contributed by atoms with E-state index in [-0.39, 0.29) is 6.04 Å². The molecule has 2 N–H and O–H groups in total. The van der Waals surface area contributed by atoms with Gasteiger partial charge in [-0.2, -0.15) is 5.21 Å². The van der Waals surface area contributed by atoms with Crippen LogP contribution in [0.15, 0.2) is 66.7 Å². The molecule has 6 nitrogen and oxygen atoms in total. The molecule has 6 heteroatoms. The number of para-hydroxylation sites is 1. The Labute approximate surface area is 192 Å². The molecule has 1 unspecified atom stereocenters. The lowest BCUT2D eigenvalue weighted by molar-refractivity contribution is 0.201. The molecular formula is C27H26N6. The zero-order valence-electron chi connectivity index (χ0n) is 18.8. The highest BCUT2D eigenvalue weighted by molar-refractivity contribution is 5.85. The van der Waals surface area contributed by atoms with Gasteiger partial charge in [0.2, 0.25) is 5.82 Å². The van der Waals surface area contributed by atoms with Crippen molar-refractivity contribution in [1.82, 2.24) is 30.5 Å². The third kappa shape index (κ3) is 3.43. The van der Waals surface area contributed by atoms with Crippen LogP contribution in [0.1, 0.15) is 39.6 Å². The molecule has 0 saturated carbocycles. The number of fused-ring (bicyclic) bond motifs is 3. The van der Waals surface area contributed by atoms with Crippen LogP contribution in [0.3, 0.4) is 0 Å². The zero-order chi connectivity index (χ0) is 22.4. The number of tetrazole rings is 1. The van der Waals surface area contributed by atoms with Crippen LogP contribution in [-0.4, -0.2) is 37.1 Å². The number of hydrogen-bond donors (Lipinski definition) is 2. The summed E-state index contributed by atoms with van der Waals surface area (Å²) in [4.78, 5) is 6.36. The number of aryl methyl sites for hydroxylation is 1. The van der Waals surface area contributed by atoms with Crippen LogP contribution in [0.2, 0.25) is 0 Å². The van der Waals surface area contributed by atoms with Crippen molar-refractivity contribution in [3.05, 3.63) is 100 Å². The molecule has 0 bridgehead atoms. The van der Waals surface area contributed by atoms with Gasteiger partial charge in [-0.05, 0) is 65.4 Å². The van der Waals surface area contributed by atoms with Crippen molar-refractivity contribution in [3.63, 3.8) is 0 Å². The van der Waals surface area contributed by atoms with Crippen LogP contribution in [-0.2, 0) is 13.0 Å². The first-order valence-corrected chi connectivity index (χ1v) is 11.4. The molecule has 0 amide bonds. The van der Waals surface area contributed by atoms with Gasteiger partial charge in [-0.1, -0.05) is 54.6 Å². The first kappa shape index (κ1) is 19.9. The van der Waals surface area contributed by atoms with E-state index in [4.69, 9.17) is 0 Å². The molecule has 1 atom stereocenters. The molecule has 164 valence electrons. The maximum Gasteiger partial charge on any atom is 0.204 e. The van der Waals surface area contributed by atoms with Crippen LogP contribution in [0, 0.1) is 13.8 Å². The second-order valence-electron chi connectivity index (χ2n) is 8.91. The predicted octanol–water partition coefficient (Wildman–Crippen LogP) is 5.11. The Balaban J connectivity index is 1.49. The molecular weight excluding hydrogens is 408 g/mol. The lowest BCUT2D eigenvalue weighted by atomic mass is 9.90. The van der Waals surface area contributed by atoms with Crippen LogP contribution < -0.4 is 0 Å². The van der Waals surface area contributed by atoms with Crippen LogP contribution in [0.5, 0.6) is 0 Å². The molecule has 0 spiro atoms. The normalized spacial score (nSPS) is 16.2. The van der Waals surface area contributed by atoms with E-state index in [0.29, 0.717) is 5.82 Å². The maximum absolute atomic E-state index is 4.19. The van der Waals surface area contributed by atoms with Gasteiger partial charge < -0.3 is 4.98 Å². The van der Waals surface area contributed by atoms with Gasteiger partial charge in [0.25, 0.3) is 0 Å². The van der Waals surface area contributed by atoms with E-state index in [0.717, 1.165) is 25.1 Å². The molecule has 3 aromatic carbocycles. The lowest BCUT2D eigenvalue weighted by Gasteiger charge is -2.37. The lowest BCUT2D eigenvalue weighted by Crippen LogP contribution is -2.35. The number of H-pyrrole nitrogens is 2. The maximum atomic E-state index is 4.19. The molecule has 1 aliphatic heterocycles. The highest BCUT2D eigenvalue weighted by atomic mass is 15.5. The fourth-order valence-corrected chi connectivity index (χ4v) is 5.17. The summed E-state index contributed by atoms with van der Waals surface area (Å²) in [5, 5.41) is 16.0. The second-order valence-corrected chi connectivity index (χ2v) is 8.91. The quantitative estimate of drug-likeness (QED) is 0.412. The Hall–Kier alpha value is -3.77. The molecule has 6 rings (SSSR count). The molecule has 0 fully saturated rings. The average molecular weight is 435 g/mol. The fourth-order valence-electron chi connectivity index (χ4n) is 5.17. The summed E-state index contributed by atoms with van der Waals surface area (Å²) in [6, 6.07) is 23.9. The number of aromatic amines is 2. The van der Waals surface area contributed by atoms with E-state index in [2.05, 4.69) is 105 Å². The van der Waals surface area contributed by atoms with Gasteiger partial charge in [0, 0.05) is 35.2 Å². The standard InChI is InChI=1S/C27H26N6/c1-17-7-5-10-21(18(17)2)16-33-14-13-23-22-11-3-4-12-24(22)28-25(23)26(33)19-8-6-9-20(15-19)27-29-31-32-30-27/h3-12,15,26,28H,13-14,16H2,1-2H3,(H,29,30,31,32). The van der Waals surface area contributed by atoms with Gasteiger partial charge in [0.1, 0.15) is 0 Å². The summed E-state index contributed by atoms with van der Waals surface area (Å²) in [6.07, 6.45) is 1.03. The minimum atomic E-state index is 0.118. The van der Waals surface area contributed by atoms with E-state index in [1.165, 1.54) is 44.4 Å².